The highest BCUT2D eigenvalue weighted by atomic mass is 16.5. The molecule has 0 fully saturated rings. The van der Waals surface area contributed by atoms with Crippen molar-refractivity contribution in [2.45, 2.75) is 10.8 Å². The molecule has 0 N–H and O–H groups in total. The molecule has 0 spiro atoms. The highest BCUT2D eigenvalue weighted by Gasteiger charge is 2.37. The topological polar surface area (TPSA) is 55.4 Å². The first-order valence-corrected chi connectivity index (χ1v) is 19.4. The SMILES string of the molecule is COc1cccc(C(C#Cc2ccc(C#CC(c3cccc(OC)c3)(c3cccc(OC)c3)c3cccc(OC)c3)cc2)(c2cccc(OC)c2)c2cccc(OC)c2)c1. The normalized spacial score (nSPS) is 10.9. The zero-order valence-corrected chi connectivity index (χ0v) is 34.6. The summed E-state index contributed by atoms with van der Waals surface area (Å²) in [6, 6.07) is 56.2. The Labute approximate surface area is 353 Å². The molecule has 7 rings (SSSR count). The van der Waals surface area contributed by atoms with Crippen molar-refractivity contribution in [2.24, 2.45) is 0 Å². The van der Waals surface area contributed by atoms with Crippen molar-refractivity contribution in [2.75, 3.05) is 42.7 Å². The van der Waals surface area contributed by atoms with E-state index in [-0.39, 0.29) is 0 Å². The second kappa shape index (κ2) is 18.4. The summed E-state index contributed by atoms with van der Waals surface area (Å²) in [6.07, 6.45) is 0. The molecule has 0 heterocycles. The quantitative estimate of drug-likeness (QED) is 0.0908. The summed E-state index contributed by atoms with van der Waals surface area (Å²) in [5, 5.41) is 0. The Balaban J connectivity index is 1.40. The molecule has 7 aromatic carbocycles. The van der Waals surface area contributed by atoms with Gasteiger partial charge >= 0.3 is 0 Å². The van der Waals surface area contributed by atoms with Crippen molar-refractivity contribution in [1.82, 2.24) is 0 Å². The van der Waals surface area contributed by atoms with E-state index in [1.54, 1.807) is 42.7 Å². The predicted molar refractivity (Wildman–Crippen MR) is 238 cm³/mol. The monoisotopic (exact) mass is 790 g/mol. The zero-order valence-electron chi connectivity index (χ0n) is 34.6. The van der Waals surface area contributed by atoms with E-state index >= 15 is 0 Å². The molecule has 0 aromatic heterocycles. The van der Waals surface area contributed by atoms with Gasteiger partial charge in [-0.25, -0.2) is 0 Å². The van der Waals surface area contributed by atoms with Crippen molar-refractivity contribution in [3.05, 3.63) is 214 Å². The zero-order chi connectivity index (χ0) is 42.0. The summed E-state index contributed by atoms with van der Waals surface area (Å²) in [6.45, 7) is 0. The highest BCUT2D eigenvalue weighted by Crippen LogP contribution is 2.44. The maximum absolute atomic E-state index is 5.72. The second-order valence-corrected chi connectivity index (χ2v) is 14.0. The largest absolute Gasteiger partial charge is 0.497 e. The lowest BCUT2D eigenvalue weighted by Gasteiger charge is -2.31. The number of benzene rings is 7. The number of ether oxygens (including phenoxy) is 6. The Bertz CT molecular complexity index is 2290. The van der Waals surface area contributed by atoms with Crippen molar-refractivity contribution in [3.8, 4) is 58.2 Å². The van der Waals surface area contributed by atoms with E-state index in [0.29, 0.717) is 0 Å². The van der Waals surface area contributed by atoms with Gasteiger partial charge in [-0.1, -0.05) is 96.5 Å². The molecular weight excluding hydrogens is 745 g/mol. The summed E-state index contributed by atoms with van der Waals surface area (Å²) >= 11 is 0. The van der Waals surface area contributed by atoms with Gasteiger partial charge in [0, 0.05) is 11.1 Å². The molecule has 0 aliphatic heterocycles. The van der Waals surface area contributed by atoms with E-state index < -0.39 is 10.8 Å². The van der Waals surface area contributed by atoms with Gasteiger partial charge in [0.15, 0.2) is 0 Å². The fraction of sp³-hybridized carbons (Fsp3) is 0.148. The van der Waals surface area contributed by atoms with Gasteiger partial charge in [0.25, 0.3) is 0 Å². The van der Waals surface area contributed by atoms with Crippen molar-refractivity contribution in [3.63, 3.8) is 0 Å². The predicted octanol–water partition coefficient (Wildman–Crippen LogP) is 10.5. The minimum atomic E-state index is -0.945. The summed E-state index contributed by atoms with van der Waals surface area (Å²) in [5.74, 6) is 18.9. The standard InChI is InChI=1S/C54H46O6/c1-55-47-19-7-13-41(33-47)53(42-14-8-20-48(34-42)56-2,43-15-9-21-49(35-43)57-3)31-29-39-25-27-40(28-26-39)30-32-54(44-16-10-22-50(36-44)58-4,45-17-11-23-51(37-45)59-5)46-18-12-24-52(38-46)60-6/h7-28,33-38H,1-6H3. The van der Waals surface area contributed by atoms with Crippen LogP contribution in [0.15, 0.2) is 170 Å². The molecule has 0 saturated carbocycles. The molecule has 298 valence electrons. The lowest BCUT2D eigenvalue weighted by Crippen LogP contribution is -2.28. The first-order chi connectivity index (χ1) is 29.4. The Kier molecular flexibility index (Phi) is 12.4. The molecule has 0 amide bonds. The van der Waals surface area contributed by atoms with E-state index in [0.717, 1.165) is 79.0 Å². The van der Waals surface area contributed by atoms with Crippen LogP contribution in [-0.4, -0.2) is 42.7 Å². The van der Waals surface area contributed by atoms with Crippen LogP contribution in [0.5, 0.6) is 34.5 Å². The van der Waals surface area contributed by atoms with E-state index in [9.17, 15) is 0 Å². The molecule has 0 unspecified atom stereocenters. The van der Waals surface area contributed by atoms with Gasteiger partial charge in [0.05, 0.1) is 42.7 Å². The third-order valence-corrected chi connectivity index (χ3v) is 10.7. The second-order valence-electron chi connectivity index (χ2n) is 14.0. The first kappa shape index (κ1) is 40.6. The van der Waals surface area contributed by atoms with Crippen LogP contribution in [0.2, 0.25) is 0 Å². The number of rotatable bonds is 12. The average molecular weight is 791 g/mol. The van der Waals surface area contributed by atoms with Crippen LogP contribution >= 0.6 is 0 Å². The first-order valence-electron chi connectivity index (χ1n) is 19.4. The summed E-state index contributed by atoms with van der Waals surface area (Å²) in [7, 11) is 10.0. The number of hydrogen-bond acceptors (Lipinski definition) is 6. The van der Waals surface area contributed by atoms with E-state index in [4.69, 9.17) is 28.4 Å². The lowest BCUT2D eigenvalue weighted by atomic mass is 9.69. The Morgan fingerprint density at radius 3 is 0.667 bits per heavy atom. The van der Waals surface area contributed by atoms with Crippen LogP contribution in [0.4, 0.5) is 0 Å². The molecule has 60 heavy (non-hydrogen) atoms. The van der Waals surface area contributed by atoms with Gasteiger partial charge in [0.1, 0.15) is 45.3 Å². The van der Waals surface area contributed by atoms with Crippen LogP contribution in [-0.2, 0) is 10.8 Å². The van der Waals surface area contributed by atoms with Crippen molar-refractivity contribution in [1.29, 1.82) is 0 Å². The fourth-order valence-corrected chi connectivity index (χ4v) is 7.54. The van der Waals surface area contributed by atoms with Gasteiger partial charge in [-0.2, -0.15) is 0 Å². The molecule has 0 aliphatic rings. The van der Waals surface area contributed by atoms with Crippen LogP contribution in [0.3, 0.4) is 0 Å². The van der Waals surface area contributed by atoms with E-state index in [1.165, 1.54) is 0 Å². The van der Waals surface area contributed by atoms with Crippen LogP contribution < -0.4 is 28.4 Å². The maximum Gasteiger partial charge on any atom is 0.119 e. The molecular formula is C54H46O6. The van der Waals surface area contributed by atoms with Gasteiger partial charge in [0.2, 0.25) is 0 Å². The average Bonchev–Trinajstić information content (AvgIpc) is 3.32. The van der Waals surface area contributed by atoms with E-state index in [2.05, 4.69) is 60.1 Å². The van der Waals surface area contributed by atoms with Gasteiger partial charge < -0.3 is 28.4 Å². The maximum atomic E-state index is 5.72. The molecule has 6 nitrogen and oxygen atoms in total. The fourth-order valence-electron chi connectivity index (χ4n) is 7.54. The number of hydrogen-bond donors (Lipinski definition) is 0. The Morgan fingerprint density at radius 1 is 0.283 bits per heavy atom. The summed E-state index contributed by atoms with van der Waals surface area (Å²) in [4.78, 5) is 0. The summed E-state index contributed by atoms with van der Waals surface area (Å²) in [5.41, 5.74) is 5.34. The van der Waals surface area contributed by atoms with Gasteiger partial charge in [-0.3, -0.25) is 0 Å². The summed E-state index contributed by atoms with van der Waals surface area (Å²) < 4.78 is 34.3. The third kappa shape index (κ3) is 8.23. The molecule has 0 atom stereocenters. The molecule has 0 saturated heterocycles. The highest BCUT2D eigenvalue weighted by molar-refractivity contribution is 5.64. The molecule has 7 aromatic rings. The smallest absolute Gasteiger partial charge is 0.119 e. The Hall–Kier alpha value is -7.54. The van der Waals surface area contributed by atoms with Gasteiger partial charge in [-0.15, -0.1) is 0 Å². The van der Waals surface area contributed by atoms with Gasteiger partial charge in [-0.05, 0) is 130 Å². The number of methoxy groups -OCH3 is 6. The Morgan fingerprint density at radius 2 is 0.483 bits per heavy atom. The van der Waals surface area contributed by atoms with Crippen LogP contribution in [0.25, 0.3) is 0 Å². The minimum Gasteiger partial charge on any atom is -0.497 e. The molecule has 0 aliphatic carbocycles. The van der Waals surface area contributed by atoms with E-state index in [1.807, 2.05) is 133 Å². The molecule has 0 bridgehead atoms. The molecule has 0 radical (unpaired) electrons. The van der Waals surface area contributed by atoms with Crippen molar-refractivity contribution < 1.29 is 28.4 Å². The lowest BCUT2D eigenvalue weighted by molar-refractivity contribution is 0.411. The third-order valence-electron chi connectivity index (χ3n) is 10.7. The van der Waals surface area contributed by atoms with Crippen molar-refractivity contribution >= 4 is 0 Å². The molecule has 6 heteroatoms. The minimum absolute atomic E-state index is 0.723. The van der Waals surface area contributed by atoms with Crippen LogP contribution in [0, 0.1) is 23.7 Å². The van der Waals surface area contributed by atoms with Crippen LogP contribution in [0.1, 0.15) is 44.5 Å².